The molecule has 1 aliphatic heterocycles. The van der Waals surface area contributed by atoms with Gasteiger partial charge in [-0.1, -0.05) is 60.7 Å². The number of aromatic amines is 3. The van der Waals surface area contributed by atoms with Crippen LogP contribution in [0.25, 0.3) is 89.8 Å². The topological polar surface area (TPSA) is 91.9 Å². The molecule has 8 aromatic rings. The van der Waals surface area contributed by atoms with E-state index in [1.54, 1.807) is 14.2 Å². The van der Waals surface area contributed by atoms with Crippen LogP contribution < -0.4 is 9.47 Å². The third kappa shape index (κ3) is 5.04. The van der Waals surface area contributed by atoms with Gasteiger partial charge < -0.3 is 28.8 Å². The molecule has 5 aromatic heterocycles. The highest BCUT2D eigenvalue weighted by molar-refractivity contribution is 5.99. The molecule has 6 heterocycles. The minimum Gasteiger partial charge on any atom is -0.497 e. The van der Waals surface area contributed by atoms with Crippen LogP contribution in [-0.2, 0) is 0 Å². The van der Waals surface area contributed by atoms with E-state index in [0.29, 0.717) is 5.75 Å². The number of fused-ring (bicyclic) bond motifs is 12. The van der Waals surface area contributed by atoms with Gasteiger partial charge in [0.1, 0.15) is 22.7 Å². The summed E-state index contributed by atoms with van der Waals surface area (Å²) in [5, 5.41) is 0. The number of furan rings is 1. The Morgan fingerprint density at radius 1 is 0.480 bits per heavy atom. The largest absolute Gasteiger partial charge is 0.497 e. The van der Waals surface area contributed by atoms with Crippen molar-refractivity contribution in [2.24, 2.45) is 0 Å². The van der Waals surface area contributed by atoms with Crippen molar-refractivity contribution >= 4 is 56.4 Å². The molecule has 242 valence electrons. The summed E-state index contributed by atoms with van der Waals surface area (Å²) in [5.41, 5.74) is 14.4. The van der Waals surface area contributed by atoms with Crippen molar-refractivity contribution in [1.29, 1.82) is 0 Å². The molecular weight excluding hydrogens is 620 g/mol. The Morgan fingerprint density at radius 3 is 1.58 bits per heavy atom. The SMILES string of the molecule is COc1ccc(OC)c(-c2c3nc(c4ccc([nH]4)c(-c4ccccc4)c4ccc(o4)c(-c4ccccc4)c4ccc([nH]4)c4ccc2[nH]4)C=C3)c1. The molecule has 0 aliphatic carbocycles. The lowest BCUT2D eigenvalue weighted by atomic mass is 10.0. The van der Waals surface area contributed by atoms with Gasteiger partial charge in [-0.05, 0) is 90.0 Å². The maximum absolute atomic E-state index is 6.79. The van der Waals surface area contributed by atoms with Gasteiger partial charge in [0.05, 0.1) is 53.2 Å². The lowest BCUT2D eigenvalue weighted by Gasteiger charge is -2.11. The molecule has 3 N–H and O–H groups in total. The molecule has 9 rings (SSSR count). The van der Waals surface area contributed by atoms with E-state index in [2.05, 4.69) is 87.7 Å². The van der Waals surface area contributed by atoms with Gasteiger partial charge in [-0.2, -0.15) is 0 Å². The van der Waals surface area contributed by atoms with Gasteiger partial charge in [0.2, 0.25) is 0 Å². The summed E-state index contributed by atoms with van der Waals surface area (Å²) in [4.78, 5) is 16.2. The Balaban J connectivity index is 1.45. The van der Waals surface area contributed by atoms with E-state index >= 15 is 0 Å². The van der Waals surface area contributed by atoms with E-state index in [4.69, 9.17) is 18.9 Å². The number of ether oxygens (including phenoxy) is 2. The Morgan fingerprint density at radius 2 is 1.00 bits per heavy atom. The first-order valence-corrected chi connectivity index (χ1v) is 16.4. The fourth-order valence-corrected chi connectivity index (χ4v) is 6.85. The Labute approximate surface area is 287 Å². The smallest absolute Gasteiger partial charge is 0.137 e. The van der Waals surface area contributed by atoms with E-state index in [0.717, 1.165) is 94.8 Å². The highest BCUT2D eigenvalue weighted by Crippen LogP contribution is 2.40. The normalized spacial score (nSPS) is 11.7. The molecule has 0 amide bonds. The van der Waals surface area contributed by atoms with Gasteiger partial charge in [0.15, 0.2) is 0 Å². The van der Waals surface area contributed by atoms with Gasteiger partial charge >= 0.3 is 0 Å². The lowest BCUT2D eigenvalue weighted by molar-refractivity contribution is 0.404. The number of hydrogen-bond acceptors (Lipinski definition) is 4. The third-order valence-electron chi connectivity index (χ3n) is 9.23. The zero-order chi connectivity index (χ0) is 33.6. The summed E-state index contributed by atoms with van der Waals surface area (Å²) < 4.78 is 18.3. The van der Waals surface area contributed by atoms with Crippen molar-refractivity contribution < 1.29 is 13.9 Å². The second-order valence-electron chi connectivity index (χ2n) is 12.2. The third-order valence-corrected chi connectivity index (χ3v) is 9.23. The van der Waals surface area contributed by atoms with E-state index in [1.165, 1.54) is 0 Å². The number of benzene rings is 3. The number of methoxy groups -OCH3 is 2. The number of rotatable bonds is 5. The van der Waals surface area contributed by atoms with E-state index < -0.39 is 0 Å². The minimum absolute atomic E-state index is 0.717. The van der Waals surface area contributed by atoms with Crippen LogP contribution >= 0.6 is 0 Å². The second-order valence-corrected chi connectivity index (χ2v) is 12.2. The summed E-state index contributed by atoms with van der Waals surface area (Å²) in [6.07, 6.45) is 4.09. The van der Waals surface area contributed by atoms with Crippen molar-refractivity contribution in [3.8, 4) is 44.9 Å². The first-order chi connectivity index (χ1) is 24.7. The predicted octanol–water partition coefficient (Wildman–Crippen LogP) is 11.0. The Kier molecular flexibility index (Phi) is 7.09. The average Bonchev–Trinajstić information content (AvgIpc) is 4.01. The molecular formula is C43H32N4O3. The molecule has 0 spiro atoms. The van der Waals surface area contributed by atoms with Crippen LogP contribution in [0.5, 0.6) is 11.5 Å². The van der Waals surface area contributed by atoms with E-state index in [9.17, 15) is 0 Å². The molecule has 0 saturated carbocycles. The van der Waals surface area contributed by atoms with Crippen LogP contribution in [0.2, 0.25) is 0 Å². The molecule has 7 nitrogen and oxygen atoms in total. The fourth-order valence-electron chi connectivity index (χ4n) is 6.85. The van der Waals surface area contributed by atoms with Gasteiger partial charge in [-0.3, -0.25) is 0 Å². The molecule has 1 aliphatic rings. The quantitative estimate of drug-likeness (QED) is 0.172. The maximum atomic E-state index is 6.79. The first kappa shape index (κ1) is 29.4. The number of H-pyrrole nitrogens is 3. The van der Waals surface area contributed by atoms with Crippen molar-refractivity contribution in [3.63, 3.8) is 0 Å². The van der Waals surface area contributed by atoms with E-state index in [-0.39, 0.29) is 0 Å². The lowest BCUT2D eigenvalue weighted by Crippen LogP contribution is -1.93. The van der Waals surface area contributed by atoms with Gasteiger partial charge in [-0.15, -0.1) is 0 Å². The Hall–Kier alpha value is -6.73. The molecule has 0 saturated heterocycles. The predicted molar refractivity (Wildman–Crippen MR) is 203 cm³/mol. The molecule has 50 heavy (non-hydrogen) atoms. The average molecular weight is 653 g/mol. The summed E-state index contributed by atoms with van der Waals surface area (Å²) in [7, 11) is 3.35. The monoisotopic (exact) mass is 652 g/mol. The number of nitrogens with one attached hydrogen (secondary N) is 3. The van der Waals surface area contributed by atoms with Crippen LogP contribution in [-0.4, -0.2) is 34.2 Å². The summed E-state index contributed by atoms with van der Waals surface area (Å²) in [6, 6.07) is 43.1. The summed E-state index contributed by atoms with van der Waals surface area (Å²) >= 11 is 0. The molecule has 0 radical (unpaired) electrons. The highest BCUT2D eigenvalue weighted by atomic mass is 16.5. The summed E-state index contributed by atoms with van der Waals surface area (Å²) in [5.74, 6) is 1.44. The van der Waals surface area contributed by atoms with Crippen LogP contribution in [0.4, 0.5) is 0 Å². The molecule has 0 unspecified atom stereocenters. The van der Waals surface area contributed by atoms with Crippen LogP contribution in [0, 0.1) is 0 Å². The van der Waals surface area contributed by atoms with Crippen LogP contribution in [0.15, 0.2) is 132 Å². The molecule has 3 aromatic carbocycles. The van der Waals surface area contributed by atoms with Gasteiger partial charge in [0, 0.05) is 27.8 Å². The van der Waals surface area contributed by atoms with Gasteiger partial charge in [-0.25, -0.2) is 4.98 Å². The standard InChI is InChI=1S/C43H32N4O3/c1-48-28-13-22-38(49-2)29(25-28)43-36-20-16-32(46-36)30-14-18-34(44-30)41(26-9-5-3-6-10-26)39-23-24-40(50-39)42(27-11-7-4-8-12-27)35-19-15-31(45-35)33-17-21-37(43)47-33/h3-25,44-46H,1-2H3. The van der Waals surface area contributed by atoms with Crippen molar-refractivity contribution in [1.82, 2.24) is 19.9 Å². The van der Waals surface area contributed by atoms with E-state index in [1.807, 2.05) is 66.7 Å². The van der Waals surface area contributed by atoms with Crippen LogP contribution in [0.3, 0.4) is 0 Å². The molecule has 0 fully saturated rings. The molecule has 0 atom stereocenters. The second kappa shape index (κ2) is 12.1. The van der Waals surface area contributed by atoms with Gasteiger partial charge in [0.25, 0.3) is 0 Å². The molecule has 10 bridgehead atoms. The number of nitrogens with zero attached hydrogens (tertiary/aromatic N) is 1. The number of aromatic nitrogens is 4. The number of hydrogen-bond donors (Lipinski definition) is 3. The summed E-state index contributed by atoms with van der Waals surface area (Å²) in [6.45, 7) is 0. The minimum atomic E-state index is 0.717. The fraction of sp³-hybridized carbons (Fsp3) is 0.0465. The maximum Gasteiger partial charge on any atom is 0.137 e. The van der Waals surface area contributed by atoms with Crippen molar-refractivity contribution in [3.05, 3.63) is 139 Å². The van der Waals surface area contributed by atoms with Crippen LogP contribution in [0.1, 0.15) is 11.4 Å². The zero-order valence-electron chi connectivity index (χ0n) is 27.5. The Bertz CT molecular complexity index is 2730. The molecule has 7 heteroatoms. The zero-order valence-corrected chi connectivity index (χ0v) is 27.5. The van der Waals surface area contributed by atoms with Crippen molar-refractivity contribution in [2.75, 3.05) is 14.2 Å². The highest BCUT2D eigenvalue weighted by Gasteiger charge is 2.18. The first-order valence-electron chi connectivity index (χ1n) is 16.4. The van der Waals surface area contributed by atoms with Crippen molar-refractivity contribution in [2.45, 2.75) is 0 Å².